The first-order valence-electron chi connectivity index (χ1n) is 8.53. The quantitative estimate of drug-likeness (QED) is 0.592. The van der Waals surface area contributed by atoms with Crippen LogP contribution in [0.15, 0.2) is 41.4 Å². The maximum absolute atomic E-state index is 12.7. The van der Waals surface area contributed by atoms with Crippen molar-refractivity contribution in [3.05, 3.63) is 62.9 Å². The summed E-state index contributed by atoms with van der Waals surface area (Å²) in [4.78, 5) is 17.8. The van der Waals surface area contributed by atoms with Crippen LogP contribution in [0.1, 0.15) is 28.4 Å². The molecule has 136 valence electrons. The number of aromatic nitrogens is 1. The first-order valence-corrected chi connectivity index (χ1v) is 9.73. The van der Waals surface area contributed by atoms with Crippen LogP contribution >= 0.6 is 22.9 Å². The molecule has 4 nitrogen and oxygen atoms in total. The number of hydrogen-bond donors (Lipinski definition) is 0. The largest absolute Gasteiger partial charge is 0.380 e. The molecular formula is C20H21ClN2O2S. The Hall–Kier alpha value is -1.95. The lowest BCUT2D eigenvalue weighted by Gasteiger charge is -2.08. The molecule has 0 saturated carbocycles. The molecule has 3 aromatic rings. The van der Waals surface area contributed by atoms with Crippen LogP contribution in [0, 0.1) is 13.8 Å². The highest BCUT2D eigenvalue weighted by molar-refractivity contribution is 7.16. The molecule has 0 unspecified atom stereocenters. The molecule has 1 amide bonds. The van der Waals surface area contributed by atoms with Crippen LogP contribution < -0.4 is 4.80 Å². The van der Waals surface area contributed by atoms with Crippen molar-refractivity contribution in [2.75, 3.05) is 13.2 Å². The Kier molecular flexibility index (Phi) is 5.91. The molecule has 0 bridgehead atoms. The van der Waals surface area contributed by atoms with E-state index in [2.05, 4.69) is 4.99 Å². The van der Waals surface area contributed by atoms with Gasteiger partial charge >= 0.3 is 0 Å². The fourth-order valence-electron chi connectivity index (χ4n) is 2.87. The van der Waals surface area contributed by atoms with Gasteiger partial charge in [-0.2, -0.15) is 4.99 Å². The van der Waals surface area contributed by atoms with Crippen molar-refractivity contribution in [1.82, 2.24) is 4.57 Å². The number of carbonyl (C=O) groups is 1. The van der Waals surface area contributed by atoms with E-state index in [1.165, 1.54) is 11.3 Å². The number of aryl methyl sites for hydroxylation is 2. The van der Waals surface area contributed by atoms with Gasteiger partial charge in [0.05, 0.1) is 16.8 Å². The van der Waals surface area contributed by atoms with E-state index < -0.39 is 0 Å². The van der Waals surface area contributed by atoms with Crippen molar-refractivity contribution >= 4 is 39.1 Å². The first kappa shape index (κ1) is 18.8. The summed E-state index contributed by atoms with van der Waals surface area (Å²) in [5.41, 5.74) is 3.54. The first-order chi connectivity index (χ1) is 12.5. The van der Waals surface area contributed by atoms with E-state index in [-0.39, 0.29) is 5.91 Å². The molecule has 6 heteroatoms. The zero-order valence-corrected chi connectivity index (χ0v) is 16.7. The summed E-state index contributed by atoms with van der Waals surface area (Å²) in [6, 6.07) is 11.4. The molecule has 0 saturated heterocycles. The van der Waals surface area contributed by atoms with E-state index >= 15 is 0 Å². The van der Waals surface area contributed by atoms with E-state index in [1.807, 2.05) is 55.7 Å². The highest BCUT2D eigenvalue weighted by Gasteiger charge is 2.13. The maximum Gasteiger partial charge on any atom is 0.279 e. The fraction of sp³-hybridized carbons (Fsp3) is 0.300. The molecule has 0 aliphatic heterocycles. The van der Waals surface area contributed by atoms with Crippen LogP contribution in [0.4, 0.5) is 0 Å². The second-order valence-electron chi connectivity index (χ2n) is 5.98. The Morgan fingerprint density at radius 1 is 1.23 bits per heavy atom. The number of thiazole rings is 1. The van der Waals surface area contributed by atoms with Crippen LogP contribution in [0.3, 0.4) is 0 Å². The van der Waals surface area contributed by atoms with E-state index in [1.54, 1.807) is 6.07 Å². The van der Waals surface area contributed by atoms with Gasteiger partial charge in [-0.05, 0) is 50.1 Å². The predicted molar refractivity (Wildman–Crippen MR) is 107 cm³/mol. The second-order valence-corrected chi connectivity index (χ2v) is 7.40. The van der Waals surface area contributed by atoms with Crippen molar-refractivity contribution in [1.29, 1.82) is 0 Å². The minimum Gasteiger partial charge on any atom is -0.380 e. The zero-order chi connectivity index (χ0) is 18.7. The van der Waals surface area contributed by atoms with E-state index in [0.29, 0.717) is 35.1 Å². The summed E-state index contributed by atoms with van der Waals surface area (Å²) < 4.78 is 8.60. The molecule has 0 aliphatic carbocycles. The second kappa shape index (κ2) is 8.16. The van der Waals surface area contributed by atoms with Gasteiger partial charge in [0.25, 0.3) is 5.91 Å². The van der Waals surface area contributed by atoms with Crippen LogP contribution in [0.2, 0.25) is 5.02 Å². The molecule has 0 N–H and O–H groups in total. The molecule has 2 aromatic carbocycles. The highest BCUT2D eigenvalue weighted by atomic mass is 35.5. The molecule has 0 atom stereocenters. The van der Waals surface area contributed by atoms with Crippen molar-refractivity contribution in [2.24, 2.45) is 4.99 Å². The molecule has 26 heavy (non-hydrogen) atoms. The lowest BCUT2D eigenvalue weighted by atomic mass is 10.1. The lowest BCUT2D eigenvalue weighted by Crippen LogP contribution is -2.20. The molecule has 0 spiro atoms. The number of amides is 1. The fourth-order valence-corrected chi connectivity index (χ4v) is 4.13. The van der Waals surface area contributed by atoms with Gasteiger partial charge in [-0.25, -0.2) is 0 Å². The van der Waals surface area contributed by atoms with E-state index in [4.69, 9.17) is 16.3 Å². The van der Waals surface area contributed by atoms with Crippen LogP contribution in [-0.2, 0) is 11.3 Å². The predicted octanol–water partition coefficient (Wildman–Crippen LogP) is 4.75. The van der Waals surface area contributed by atoms with Gasteiger partial charge in [0, 0.05) is 23.7 Å². The number of nitrogens with zero attached hydrogens (tertiary/aromatic N) is 2. The molecule has 0 fully saturated rings. The maximum atomic E-state index is 12.7. The number of ether oxygens (including phenoxy) is 1. The number of fused-ring (bicyclic) bond motifs is 1. The molecule has 0 aliphatic rings. The number of benzene rings is 2. The topological polar surface area (TPSA) is 43.6 Å². The van der Waals surface area contributed by atoms with Crippen molar-refractivity contribution in [3.63, 3.8) is 0 Å². The summed E-state index contributed by atoms with van der Waals surface area (Å²) >= 11 is 7.81. The molecule has 1 heterocycles. The van der Waals surface area contributed by atoms with E-state index in [9.17, 15) is 4.79 Å². The number of rotatable bonds is 5. The Balaban J connectivity index is 2.15. The summed E-state index contributed by atoms with van der Waals surface area (Å²) in [7, 11) is 0. The third-order valence-corrected chi connectivity index (χ3v) is 5.72. The standard InChI is InChI=1S/C20H21ClN2O2S/c1-4-25-12-11-23-18-14(3)16(21)9-10-17(18)26-20(23)22-19(24)15-8-6-5-7-13(15)2/h5-10H,4,11-12H2,1-3H3. The highest BCUT2D eigenvalue weighted by Crippen LogP contribution is 2.27. The van der Waals surface area contributed by atoms with Gasteiger partial charge in [0.15, 0.2) is 4.80 Å². The Morgan fingerprint density at radius 2 is 2.00 bits per heavy atom. The zero-order valence-electron chi connectivity index (χ0n) is 15.1. The SMILES string of the molecule is CCOCCn1c(=NC(=O)c2ccccc2C)sc2ccc(Cl)c(C)c21. The van der Waals surface area contributed by atoms with Crippen LogP contribution in [-0.4, -0.2) is 23.7 Å². The summed E-state index contributed by atoms with van der Waals surface area (Å²) in [6.07, 6.45) is 0. The number of carbonyl (C=O) groups excluding carboxylic acids is 1. The number of hydrogen-bond acceptors (Lipinski definition) is 3. The normalized spacial score (nSPS) is 12.1. The lowest BCUT2D eigenvalue weighted by molar-refractivity contribution is 0.0996. The van der Waals surface area contributed by atoms with Gasteiger partial charge in [0.1, 0.15) is 0 Å². The third-order valence-electron chi connectivity index (χ3n) is 4.27. The minimum absolute atomic E-state index is 0.233. The van der Waals surface area contributed by atoms with Crippen molar-refractivity contribution in [3.8, 4) is 0 Å². The summed E-state index contributed by atoms with van der Waals surface area (Å²) in [5, 5.41) is 0.706. The smallest absolute Gasteiger partial charge is 0.279 e. The Labute approximate surface area is 161 Å². The van der Waals surface area contributed by atoms with E-state index in [0.717, 1.165) is 21.3 Å². The number of halogens is 1. The average molecular weight is 389 g/mol. The van der Waals surface area contributed by atoms with Crippen LogP contribution in [0.25, 0.3) is 10.2 Å². The summed E-state index contributed by atoms with van der Waals surface area (Å²) in [6.45, 7) is 7.69. The average Bonchev–Trinajstić information content (AvgIpc) is 2.97. The monoisotopic (exact) mass is 388 g/mol. The van der Waals surface area contributed by atoms with Gasteiger partial charge in [-0.3, -0.25) is 4.79 Å². The van der Waals surface area contributed by atoms with Crippen LogP contribution in [0.5, 0.6) is 0 Å². The van der Waals surface area contributed by atoms with Gasteiger partial charge in [-0.15, -0.1) is 0 Å². The molecule has 3 rings (SSSR count). The van der Waals surface area contributed by atoms with Crippen molar-refractivity contribution in [2.45, 2.75) is 27.3 Å². The molecule has 1 aromatic heterocycles. The third kappa shape index (κ3) is 3.75. The Morgan fingerprint density at radius 3 is 2.73 bits per heavy atom. The summed E-state index contributed by atoms with van der Waals surface area (Å²) in [5.74, 6) is -0.233. The van der Waals surface area contributed by atoms with Gasteiger partial charge in [0.2, 0.25) is 0 Å². The van der Waals surface area contributed by atoms with Gasteiger partial charge < -0.3 is 9.30 Å². The van der Waals surface area contributed by atoms with Crippen molar-refractivity contribution < 1.29 is 9.53 Å². The molecular weight excluding hydrogens is 368 g/mol. The Bertz CT molecular complexity index is 1020. The minimum atomic E-state index is -0.233. The molecule has 0 radical (unpaired) electrons. The van der Waals surface area contributed by atoms with Gasteiger partial charge in [-0.1, -0.05) is 41.1 Å².